The summed E-state index contributed by atoms with van der Waals surface area (Å²) >= 11 is 0. The standard InChI is InChI=1S/C19H28O7S/c1-2-3-4-5-6-7-8-11-15-12-9-10-13-16(15)26-18(20)14-17(19(21)22)27(23,24)25/h9-10,12-13,17H,2-8,11,14H2,1H3,(H,21,22)(H,23,24,25)/p-1. The van der Waals surface area contributed by atoms with Crippen LogP contribution in [0.25, 0.3) is 0 Å². The van der Waals surface area contributed by atoms with Crippen LogP contribution >= 0.6 is 0 Å². The van der Waals surface area contributed by atoms with Crippen molar-refractivity contribution >= 4 is 22.1 Å². The molecule has 7 nitrogen and oxygen atoms in total. The van der Waals surface area contributed by atoms with Gasteiger partial charge in [0.25, 0.3) is 10.1 Å². The first-order chi connectivity index (χ1) is 12.8. The van der Waals surface area contributed by atoms with Gasteiger partial charge in [0.1, 0.15) is 11.0 Å². The number of carbonyl (C=O) groups excluding carboxylic acids is 2. The molecule has 0 radical (unpaired) electrons. The van der Waals surface area contributed by atoms with Crippen molar-refractivity contribution < 1.29 is 32.4 Å². The van der Waals surface area contributed by atoms with Crippen molar-refractivity contribution in [3.63, 3.8) is 0 Å². The van der Waals surface area contributed by atoms with Gasteiger partial charge in [-0.2, -0.15) is 8.42 Å². The lowest BCUT2D eigenvalue weighted by Crippen LogP contribution is -2.42. The number of carboxylic acids is 1. The van der Waals surface area contributed by atoms with Gasteiger partial charge in [-0.15, -0.1) is 0 Å². The minimum atomic E-state index is -4.95. The van der Waals surface area contributed by atoms with E-state index in [1.807, 2.05) is 0 Å². The lowest BCUT2D eigenvalue weighted by atomic mass is 10.0. The molecule has 0 saturated carbocycles. The van der Waals surface area contributed by atoms with Gasteiger partial charge in [-0.05, 0) is 24.5 Å². The Labute approximate surface area is 160 Å². The highest BCUT2D eigenvalue weighted by molar-refractivity contribution is 7.87. The molecule has 0 aliphatic heterocycles. The van der Waals surface area contributed by atoms with E-state index in [9.17, 15) is 23.1 Å². The predicted octanol–water partition coefficient (Wildman–Crippen LogP) is 2.28. The number of carbonyl (C=O) groups is 2. The van der Waals surface area contributed by atoms with Crippen molar-refractivity contribution in [1.29, 1.82) is 0 Å². The van der Waals surface area contributed by atoms with E-state index < -0.39 is 33.7 Å². The van der Waals surface area contributed by atoms with Crippen LogP contribution in [-0.4, -0.2) is 30.2 Å². The molecule has 0 heterocycles. The van der Waals surface area contributed by atoms with E-state index in [2.05, 4.69) is 6.92 Å². The first kappa shape index (κ1) is 23.1. The van der Waals surface area contributed by atoms with Crippen molar-refractivity contribution in [2.45, 2.75) is 70.0 Å². The lowest BCUT2D eigenvalue weighted by molar-refractivity contribution is -0.305. The van der Waals surface area contributed by atoms with E-state index >= 15 is 0 Å². The van der Waals surface area contributed by atoms with Gasteiger partial charge in [0.2, 0.25) is 0 Å². The van der Waals surface area contributed by atoms with E-state index in [1.165, 1.54) is 25.7 Å². The number of carboxylic acid groups (broad SMARTS) is 1. The molecule has 1 N–H and O–H groups in total. The summed E-state index contributed by atoms with van der Waals surface area (Å²) in [6.45, 7) is 2.17. The molecule has 1 rings (SSSR count). The number of para-hydroxylation sites is 1. The highest BCUT2D eigenvalue weighted by atomic mass is 32.2. The smallest absolute Gasteiger partial charge is 0.313 e. The number of rotatable bonds is 13. The minimum absolute atomic E-state index is 0.265. The van der Waals surface area contributed by atoms with E-state index in [1.54, 1.807) is 24.3 Å². The number of aryl methyl sites for hydroxylation is 1. The van der Waals surface area contributed by atoms with Gasteiger partial charge >= 0.3 is 5.97 Å². The number of hydrogen-bond donors (Lipinski definition) is 1. The van der Waals surface area contributed by atoms with E-state index in [-0.39, 0.29) is 5.75 Å². The van der Waals surface area contributed by atoms with Crippen molar-refractivity contribution in [2.75, 3.05) is 0 Å². The van der Waals surface area contributed by atoms with Crippen LogP contribution in [0.3, 0.4) is 0 Å². The quantitative estimate of drug-likeness (QED) is 0.234. The first-order valence-electron chi connectivity index (χ1n) is 9.21. The summed E-state index contributed by atoms with van der Waals surface area (Å²) in [5.74, 6) is -2.85. The maximum Gasteiger partial charge on any atom is 0.313 e. The van der Waals surface area contributed by atoms with Crippen molar-refractivity contribution in [3.05, 3.63) is 29.8 Å². The third-order valence-corrected chi connectivity index (χ3v) is 5.30. The summed E-state index contributed by atoms with van der Waals surface area (Å²) in [5, 5.41) is 8.46. The molecule has 0 spiro atoms. The monoisotopic (exact) mass is 399 g/mol. The fourth-order valence-electron chi connectivity index (χ4n) is 2.71. The van der Waals surface area contributed by atoms with Crippen LogP contribution < -0.4 is 9.84 Å². The molecule has 1 aromatic carbocycles. The van der Waals surface area contributed by atoms with Crippen molar-refractivity contribution in [1.82, 2.24) is 0 Å². The second-order valence-corrected chi connectivity index (χ2v) is 8.08. The van der Waals surface area contributed by atoms with Crippen LogP contribution in [0.15, 0.2) is 24.3 Å². The zero-order valence-corrected chi connectivity index (χ0v) is 16.4. The Morgan fingerprint density at radius 2 is 1.67 bits per heavy atom. The second kappa shape index (κ2) is 11.7. The molecule has 0 aromatic heterocycles. The molecule has 0 aliphatic rings. The summed E-state index contributed by atoms with van der Waals surface area (Å²) in [6, 6.07) is 6.83. The normalized spacial score (nSPS) is 12.5. The SMILES string of the molecule is CCCCCCCCCc1ccccc1OC(=O)CC(C(=O)[O-])S(=O)(=O)O. The zero-order chi connectivity index (χ0) is 20.3. The van der Waals surface area contributed by atoms with Crippen LogP contribution in [0.2, 0.25) is 0 Å². The molecule has 0 bridgehead atoms. The largest absolute Gasteiger partial charge is 0.549 e. The van der Waals surface area contributed by atoms with Crippen LogP contribution in [0.1, 0.15) is 63.9 Å². The maximum atomic E-state index is 11.9. The highest BCUT2D eigenvalue weighted by Crippen LogP contribution is 2.22. The Morgan fingerprint density at radius 3 is 2.26 bits per heavy atom. The Morgan fingerprint density at radius 1 is 1.07 bits per heavy atom. The molecule has 1 aromatic rings. The summed E-state index contributed by atoms with van der Waals surface area (Å²) in [7, 11) is -4.95. The molecule has 152 valence electrons. The fraction of sp³-hybridized carbons (Fsp3) is 0.579. The number of ether oxygens (including phenoxy) is 1. The molecule has 0 fully saturated rings. The zero-order valence-electron chi connectivity index (χ0n) is 15.6. The summed E-state index contributed by atoms with van der Waals surface area (Å²) in [5.41, 5.74) is 0.788. The van der Waals surface area contributed by atoms with Gasteiger partial charge in [-0.1, -0.05) is 63.6 Å². The van der Waals surface area contributed by atoms with Gasteiger partial charge in [-0.25, -0.2) is 0 Å². The van der Waals surface area contributed by atoms with E-state index in [0.717, 1.165) is 24.8 Å². The van der Waals surface area contributed by atoms with Gasteiger partial charge in [-0.3, -0.25) is 9.35 Å². The lowest BCUT2D eigenvalue weighted by Gasteiger charge is -2.15. The van der Waals surface area contributed by atoms with Crippen molar-refractivity contribution in [2.24, 2.45) is 0 Å². The maximum absolute atomic E-state index is 11.9. The number of aliphatic carboxylic acids is 1. The first-order valence-corrected chi connectivity index (χ1v) is 10.7. The average molecular weight is 399 g/mol. The van der Waals surface area contributed by atoms with Gasteiger partial charge in [0, 0.05) is 0 Å². The molecule has 1 unspecified atom stereocenters. The van der Waals surface area contributed by atoms with Gasteiger partial charge in [0.15, 0.2) is 0 Å². The highest BCUT2D eigenvalue weighted by Gasteiger charge is 2.28. The van der Waals surface area contributed by atoms with Crippen molar-refractivity contribution in [3.8, 4) is 5.75 Å². The molecule has 0 saturated heterocycles. The molecule has 0 aliphatic carbocycles. The Balaban J connectivity index is 2.58. The number of benzene rings is 1. The molecular formula is C19H27O7S-. The summed E-state index contributed by atoms with van der Waals surface area (Å²) < 4.78 is 36.1. The van der Waals surface area contributed by atoms with E-state index in [4.69, 9.17) is 9.29 Å². The molecule has 0 amide bonds. The third kappa shape index (κ3) is 9.01. The Kier molecular flexibility index (Phi) is 10.0. The molecular weight excluding hydrogens is 372 g/mol. The summed E-state index contributed by atoms with van der Waals surface area (Å²) in [6.07, 6.45) is 7.68. The molecule has 8 heteroatoms. The molecule has 27 heavy (non-hydrogen) atoms. The predicted molar refractivity (Wildman–Crippen MR) is 98.7 cm³/mol. The number of esters is 1. The Hall–Kier alpha value is -1.93. The molecule has 1 atom stereocenters. The summed E-state index contributed by atoms with van der Waals surface area (Å²) in [4.78, 5) is 22.7. The topological polar surface area (TPSA) is 121 Å². The average Bonchev–Trinajstić information content (AvgIpc) is 2.59. The minimum Gasteiger partial charge on any atom is -0.549 e. The third-order valence-electron chi connectivity index (χ3n) is 4.22. The Bertz CT molecular complexity index is 713. The second-order valence-electron chi connectivity index (χ2n) is 6.48. The fourth-order valence-corrected chi connectivity index (χ4v) is 3.30. The van der Waals surface area contributed by atoms with Crippen LogP contribution in [0, 0.1) is 0 Å². The number of unbranched alkanes of at least 4 members (excludes halogenated alkanes) is 6. The van der Waals surface area contributed by atoms with Gasteiger partial charge < -0.3 is 14.6 Å². The number of hydrogen-bond acceptors (Lipinski definition) is 6. The van der Waals surface area contributed by atoms with Crippen LogP contribution in [0.5, 0.6) is 5.75 Å². The van der Waals surface area contributed by atoms with Crippen LogP contribution in [-0.2, 0) is 26.1 Å². The van der Waals surface area contributed by atoms with Gasteiger partial charge in [0.05, 0.1) is 12.4 Å². The van der Waals surface area contributed by atoms with Crippen LogP contribution in [0.4, 0.5) is 0 Å². The van der Waals surface area contributed by atoms with E-state index in [0.29, 0.717) is 6.42 Å².